The highest BCUT2D eigenvalue weighted by Crippen LogP contribution is 2.30. The summed E-state index contributed by atoms with van der Waals surface area (Å²) >= 11 is 0. The van der Waals surface area contributed by atoms with E-state index in [0.29, 0.717) is 5.56 Å². The first-order valence-corrected chi connectivity index (χ1v) is 19.7. The van der Waals surface area contributed by atoms with Crippen molar-refractivity contribution in [3.63, 3.8) is 0 Å². The van der Waals surface area contributed by atoms with Crippen molar-refractivity contribution < 1.29 is 22.8 Å². The van der Waals surface area contributed by atoms with E-state index in [1.165, 1.54) is 17.4 Å². The van der Waals surface area contributed by atoms with Crippen molar-refractivity contribution in [2.24, 2.45) is 11.3 Å². The van der Waals surface area contributed by atoms with E-state index in [0.717, 1.165) is 16.7 Å². The fourth-order valence-corrected chi connectivity index (χ4v) is 7.39. The van der Waals surface area contributed by atoms with E-state index in [1.54, 1.807) is 50.5 Å². The quantitative estimate of drug-likeness (QED) is 0.119. The summed E-state index contributed by atoms with van der Waals surface area (Å²) in [5.41, 5.74) is 3.71. The number of hydrogen-bond donors (Lipinski definition) is 3. The van der Waals surface area contributed by atoms with Crippen LogP contribution in [-0.4, -0.2) is 63.3 Å². The molecule has 0 aromatic heterocycles. The lowest BCUT2D eigenvalue weighted by Crippen LogP contribution is -2.61. The topological polar surface area (TPSA) is 125 Å². The Morgan fingerprint density at radius 3 is 1.83 bits per heavy atom. The molecule has 0 spiro atoms. The van der Waals surface area contributed by atoms with Crippen LogP contribution in [-0.2, 0) is 35.6 Å². The van der Waals surface area contributed by atoms with Crippen molar-refractivity contribution in [3.05, 3.63) is 118 Å². The summed E-state index contributed by atoms with van der Waals surface area (Å²) in [6.07, 6.45) is 5.73. The summed E-state index contributed by atoms with van der Waals surface area (Å²) < 4.78 is 27.6. The number of nitrogens with one attached hydrogen (secondary N) is 3. The highest BCUT2D eigenvalue weighted by Gasteiger charge is 2.41. The van der Waals surface area contributed by atoms with Crippen LogP contribution in [0, 0.1) is 18.3 Å². The first-order valence-electron chi connectivity index (χ1n) is 18.0. The Bertz CT molecular complexity index is 1880. The normalized spacial score (nSPS) is 14.5. The number of sulfonamides is 1. The maximum absolute atomic E-state index is 14.3. The lowest BCUT2D eigenvalue weighted by atomic mass is 9.76. The van der Waals surface area contributed by atoms with Gasteiger partial charge in [-0.1, -0.05) is 151 Å². The molecule has 0 bridgehead atoms. The van der Waals surface area contributed by atoms with Gasteiger partial charge in [0.15, 0.2) is 0 Å². The van der Waals surface area contributed by atoms with Crippen LogP contribution >= 0.6 is 0 Å². The number of likely N-dealkylation sites (N-methyl/N-ethyl adjacent to an activating group) is 2. The third kappa shape index (κ3) is 12.0. The van der Waals surface area contributed by atoms with Gasteiger partial charge >= 0.3 is 0 Å². The van der Waals surface area contributed by atoms with E-state index in [1.807, 2.05) is 72.7 Å². The third-order valence-electron chi connectivity index (χ3n) is 9.58. The van der Waals surface area contributed by atoms with Gasteiger partial charge in [-0.2, -0.15) is 0 Å². The molecule has 0 aliphatic carbocycles. The minimum absolute atomic E-state index is 0.136. The molecule has 0 aliphatic heterocycles. The largest absolute Gasteiger partial charge is 0.342 e. The lowest BCUT2D eigenvalue weighted by Gasteiger charge is -2.40. The van der Waals surface area contributed by atoms with Crippen LogP contribution in [0.5, 0.6) is 0 Å². The molecule has 0 heterocycles. The monoisotopic (exact) mass is 742 g/mol. The number of rotatable bonds is 15. The minimum Gasteiger partial charge on any atom is -0.342 e. The van der Waals surface area contributed by atoms with Crippen LogP contribution < -0.4 is 15.4 Å². The van der Waals surface area contributed by atoms with Gasteiger partial charge in [-0.05, 0) is 54.5 Å². The van der Waals surface area contributed by atoms with Crippen LogP contribution in [0.25, 0.3) is 12.2 Å². The second kappa shape index (κ2) is 18.0. The molecule has 53 heavy (non-hydrogen) atoms. The van der Waals surface area contributed by atoms with Crippen molar-refractivity contribution in [2.45, 2.75) is 91.6 Å². The van der Waals surface area contributed by atoms with Crippen LogP contribution in [0.1, 0.15) is 83.2 Å². The Hall–Kier alpha value is -4.54. The highest BCUT2D eigenvalue weighted by molar-refractivity contribution is 7.89. The summed E-state index contributed by atoms with van der Waals surface area (Å²) in [7, 11) is -0.582. The van der Waals surface area contributed by atoms with Gasteiger partial charge < -0.3 is 15.5 Å². The number of benzene rings is 3. The zero-order chi connectivity index (χ0) is 39.7. The van der Waals surface area contributed by atoms with Gasteiger partial charge in [0.2, 0.25) is 21.8 Å². The van der Waals surface area contributed by atoms with Gasteiger partial charge in [-0.3, -0.25) is 14.4 Å². The van der Waals surface area contributed by atoms with Crippen molar-refractivity contribution in [1.82, 2.24) is 20.3 Å². The van der Waals surface area contributed by atoms with Gasteiger partial charge in [0.25, 0.3) is 5.91 Å². The fraction of sp³-hybridized carbons (Fsp3) is 0.419. The molecular formula is C43H58N4O5S. The number of amides is 3. The molecule has 0 aliphatic rings. The van der Waals surface area contributed by atoms with Gasteiger partial charge in [-0.25, -0.2) is 13.1 Å². The molecule has 3 aromatic rings. The number of carbonyl (C=O) groups is 3. The molecule has 9 nitrogen and oxygen atoms in total. The van der Waals surface area contributed by atoms with E-state index in [2.05, 4.69) is 58.7 Å². The molecule has 0 fully saturated rings. The van der Waals surface area contributed by atoms with Crippen molar-refractivity contribution in [2.75, 3.05) is 14.1 Å². The zero-order valence-electron chi connectivity index (χ0n) is 33.2. The Morgan fingerprint density at radius 1 is 0.811 bits per heavy atom. The number of nitrogens with zero attached hydrogens (tertiary/aromatic N) is 1. The van der Waals surface area contributed by atoms with Crippen molar-refractivity contribution in [3.8, 4) is 0 Å². The van der Waals surface area contributed by atoms with Crippen LogP contribution in [0.3, 0.4) is 0 Å². The van der Waals surface area contributed by atoms with E-state index in [-0.39, 0.29) is 29.1 Å². The van der Waals surface area contributed by atoms with Crippen LogP contribution in [0.2, 0.25) is 0 Å². The zero-order valence-corrected chi connectivity index (χ0v) is 34.0. The first kappa shape index (κ1) is 42.9. The number of hydrogen-bond acceptors (Lipinski definition) is 6. The number of carbonyl (C=O) groups excluding carboxylic acids is 3. The van der Waals surface area contributed by atoms with Gasteiger partial charge in [-0.15, -0.1) is 0 Å². The predicted octanol–water partition coefficient (Wildman–Crippen LogP) is 6.64. The molecule has 3 N–H and O–H groups in total. The third-order valence-corrected chi connectivity index (χ3v) is 10.8. The van der Waals surface area contributed by atoms with E-state index in [4.69, 9.17) is 0 Å². The SMILES string of the molecule is CN[C@H](C(=O)NC(C(=O)N(C)[C@H](/C=C(\C)C(=O)NS(=O)(=O)Cc1ccccc1)C(C)C)C(C)(C)C)C(C)(C)c1ccc(/C=C/c2ccc(C)cc2)cc1. The van der Waals surface area contributed by atoms with E-state index < -0.39 is 44.9 Å². The lowest BCUT2D eigenvalue weighted by molar-refractivity contribution is -0.140. The average Bonchev–Trinajstić information content (AvgIpc) is 3.08. The smallest absolute Gasteiger partial charge is 0.260 e. The van der Waals surface area contributed by atoms with Crippen LogP contribution in [0.15, 0.2) is 90.5 Å². The molecule has 0 saturated heterocycles. The molecule has 10 heteroatoms. The molecule has 0 saturated carbocycles. The van der Waals surface area contributed by atoms with Crippen LogP contribution in [0.4, 0.5) is 0 Å². The number of aryl methyl sites for hydroxylation is 1. The molecule has 3 atom stereocenters. The average molecular weight is 743 g/mol. The summed E-state index contributed by atoms with van der Waals surface area (Å²) in [5, 5.41) is 6.25. The summed E-state index contributed by atoms with van der Waals surface area (Å²) in [5.74, 6) is -1.89. The summed E-state index contributed by atoms with van der Waals surface area (Å²) in [6, 6.07) is 22.9. The molecular weight excluding hydrogens is 685 g/mol. The minimum atomic E-state index is -3.95. The summed E-state index contributed by atoms with van der Waals surface area (Å²) in [4.78, 5) is 42.9. The molecule has 286 valence electrons. The Balaban J connectivity index is 1.78. The molecule has 0 radical (unpaired) electrons. The van der Waals surface area contributed by atoms with E-state index in [9.17, 15) is 22.8 Å². The molecule has 1 unspecified atom stereocenters. The highest BCUT2D eigenvalue weighted by atomic mass is 32.2. The molecule has 3 amide bonds. The van der Waals surface area contributed by atoms with Gasteiger partial charge in [0.05, 0.1) is 17.8 Å². The fourth-order valence-electron chi connectivity index (χ4n) is 6.24. The maximum Gasteiger partial charge on any atom is 0.260 e. The van der Waals surface area contributed by atoms with E-state index >= 15 is 0 Å². The van der Waals surface area contributed by atoms with Crippen molar-refractivity contribution in [1.29, 1.82) is 0 Å². The van der Waals surface area contributed by atoms with Crippen molar-refractivity contribution >= 4 is 39.9 Å². The molecule has 3 rings (SSSR count). The summed E-state index contributed by atoms with van der Waals surface area (Å²) in [6.45, 7) is 17.1. The molecule has 3 aromatic carbocycles. The van der Waals surface area contributed by atoms with Gasteiger partial charge in [0.1, 0.15) is 6.04 Å². The Morgan fingerprint density at radius 2 is 1.34 bits per heavy atom. The Labute approximate surface area is 317 Å². The second-order valence-electron chi connectivity index (χ2n) is 15.8. The predicted molar refractivity (Wildman–Crippen MR) is 216 cm³/mol. The Kier molecular flexibility index (Phi) is 14.6. The first-order chi connectivity index (χ1) is 24.7. The van der Waals surface area contributed by atoms with Gasteiger partial charge in [0, 0.05) is 18.0 Å². The maximum atomic E-state index is 14.3. The standard InChI is InChI=1S/C43H58N4O5S/c1-29(2)36(27-31(4)39(48)46-53(51,52)28-34-15-13-12-14-16-34)47(11)41(50)38(42(5,6)7)45-40(49)37(44-10)43(8,9)35-25-23-33(24-26-35)22-21-32-19-17-30(3)18-20-32/h12-27,29,36-38,44H,28H2,1-11H3,(H,45,49)(H,46,48)/b22-21+,31-27+/t36-,37-,38?/m1/s1. The second-order valence-corrected chi connectivity index (χ2v) is 17.5.